The molecular formula is C17H23ClF2N4OS. The van der Waals surface area contributed by atoms with Crippen molar-refractivity contribution in [1.29, 1.82) is 0 Å². The summed E-state index contributed by atoms with van der Waals surface area (Å²) in [6.07, 6.45) is 6.38. The monoisotopic (exact) mass is 404 g/mol. The Balaban J connectivity index is 1.95. The van der Waals surface area contributed by atoms with Gasteiger partial charge in [0.25, 0.3) is 0 Å². The molecule has 0 N–H and O–H groups in total. The SMILES string of the molecule is CCN(C(=O)CCSCCC(C)(F)F)c1cn(C2=CCCN=C2)nc1Cl. The minimum Gasteiger partial charge on any atom is -0.308 e. The molecule has 2 heterocycles. The number of allylic oxidation sites excluding steroid dienone is 1. The zero-order valence-corrected chi connectivity index (χ0v) is 16.5. The number of carbonyl (C=O) groups is 1. The average Bonchev–Trinajstić information content (AvgIpc) is 2.97. The highest BCUT2D eigenvalue weighted by Gasteiger charge is 2.22. The molecule has 2 rings (SSSR count). The minimum atomic E-state index is -2.66. The van der Waals surface area contributed by atoms with Gasteiger partial charge in [-0.05, 0) is 26.0 Å². The van der Waals surface area contributed by atoms with E-state index >= 15 is 0 Å². The van der Waals surface area contributed by atoms with Crippen LogP contribution in [0.2, 0.25) is 5.15 Å². The van der Waals surface area contributed by atoms with E-state index < -0.39 is 5.92 Å². The van der Waals surface area contributed by atoms with Gasteiger partial charge in [0.2, 0.25) is 11.8 Å². The first-order valence-corrected chi connectivity index (χ1v) is 10.1. The standard InChI is InChI=1S/C17H23ClF2N4OS/c1-3-23(15(25)6-9-26-10-7-17(2,19)20)14-12-24(22-16(14)18)13-5-4-8-21-11-13/h5,11-12H,3-4,6-10H2,1-2H3. The lowest BCUT2D eigenvalue weighted by Crippen LogP contribution is -2.30. The van der Waals surface area contributed by atoms with Crippen LogP contribution < -0.4 is 4.90 Å². The van der Waals surface area contributed by atoms with Crippen molar-refractivity contribution in [3.8, 4) is 0 Å². The number of aliphatic imine (C=N–C) groups is 1. The minimum absolute atomic E-state index is 0.101. The van der Waals surface area contributed by atoms with Crippen molar-refractivity contribution < 1.29 is 13.6 Å². The van der Waals surface area contributed by atoms with Crippen LogP contribution in [0.15, 0.2) is 17.3 Å². The third-order valence-corrected chi connectivity index (χ3v) is 5.06. The second-order valence-corrected chi connectivity index (χ2v) is 7.61. The Morgan fingerprint density at radius 2 is 2.23 bits per heavy atom. The number of amides is 1. The van der Waals surface area contributed by atoms with Crippen molar-refractivity contribution in [2.24, 2.45) is 4.99 Å². The van der Waals surface area contributed by atoms with Crippen LogP contribution in [-0.4, -0.2) is 52.4 Å². The zero-order valence-electron chi connectivity index (χ0n) is 14.9. The van der Waals surface area contributed by atoms with E-state index in [9.17, 15) is 13.6 Å². The number of hydrogen-bond donors (Lipinski definition) is 0. The summed E-state index contributed by atoms with van der Waals surface area (Å²) in [4.78, 5) is 18.3. The summed E-state index contributed by atoms with van der Waals surface area (Å²) >= 11 is 7.59. The Morgan fingerprint density at radius 3 is 2.85 bits per heavy atom. The molecule has 0 radical (unpaired) electrons. The van der Waals surface area contributed by atoms with Gasteiger partial charge in [-0.2, -0.15) is 16.9 Å². The van der Waals surface area contributed by atoms with Crippen LogP contribution in [0.5, 0.6) is 0 Å². The van der Waals surface area contributed by atoms with Crippen molar-refractivity contribution in [3.63, 3.8) is 0 Å². The maximum Gasteiger partial charge on any atom is 0.246 e. The Bertz CT molecular complexity index is 685. The van der Waals surface area contributed by atoms with E-state index in [1.807, 2.05) is 13.0 Å². The molecule has 26 heavy (non-hydrogen) atoms. The molecule has 1 aliphatic rings. The van der Waals surface area contributed by atoms with Crippen LogP contribution in [0.4, 0.5) is 14.5 Å². The Hall–Kier alpha value is -1.41. The topological polar surface area (TPSA) is 50.5 Å². The molecule has 1 aromatic rings. The number of aromatic nitrogens is 2. The maximum absolute atomic E-state index is 12.8. The first-order valence-electron chi connectivity index (χ1n) is 8.53. The van der Waals surface area contributed by atoms with Crippen LogP contribution in [0.25, 0.3) is 5.70 Å². The highest BCUT2D eigenvalue weighted by atomic mass is 35.5. The van der Waals surface area contributed by atoms with Crippen LogP contribution in [0, 0.1) is 0 Å². The molecule has 1 aromatic heterocycles. The van der Waals surface area contributed by atoms with Crippen molar-refractivity contribution in [1.82, 2.24) is 9.78 Å². The molecule has 1 amide bonds. The van der Waals surface area contributed by atoms with Gasteiger partial charge in [0.15, 0.2) is 5.15 Å². The molecule has 0 saturated heterocycles. The molecule has 0 aliphatic carbocycles. The normalized spacial score (nSPS) is 14.4. The van der Waals surface area contributed by atoms with E-state index in [1.54, 1.807) is 22.0 Å². The largest absolute Gasteiger partial charge is 0.308 e. The lowest BCUT2D eigenvalue weighted by atomic mass is 10.3. The van der Waals surface area contributed by atoms with Gasteiger partial charge < -0.3 is 4.90 Å². The number of alkyl halides is 2. The average molecular weight is 405 g/mol. The maximum atomic E-state index is 12.8. The van der Waals surface area contributed by atoms with Gasteiger partial charge in [-0.15, -0.1) is 0 Å². The lowest BCUT2D eigenvalue weighted by molar-refractivity contribution is -0.118. The highest BCUT2D eigenvalue weighted by molar-refractivity contribution is 7.99. The number of thioether (sulfide) groups is 1. The Labute approximate surface area is 161 Å². The van der Waals surface area contributed by atoms with Crippen LogP contribution >= 0.6 is 23.4 Å². The van der Waals surface area contributed by atoms with Gasteiger partial charge >= 0.3 is 0 Å². The van der Waals surface area contributed by atoms with Crippen molar-refractivity contribution in [2.45, 2.75) is 39.0 Å². The van der Waals surface area contributed by atoms with Gasteiger partial charge in [0.1, 0.15) is 5.69 Å². The van der Waals surface area contributed by atoms with E-state index in [0.29, 0.717) is 23.7 Å². The van der Waals surface area contributed by atoms with Crippen molar-refractivity contribution in [2.75, 3.05) is 29.5 Å². The number of halogens is 3. The molecule has 5 nitrogen and oxygen atoms in total. The molecule has 0 spiro atoms. The second kappa shape index (κ2) is 9.50. The predicted molar refractivity (Wildman–Crippen MR) is 105 cm³/mol. The summed E-state index contributed by atoms with van der Waals surface area (Å²) in [5.74, 6) is -1.94. The molecule has 0 atom stereocenters. The molecule has 0 bridgehead atoms. The smallest absolute Gasteiger partial charge is 0.246 e. The van der Waals surface area contributed by atoms with Crippen LogP contribution in [0.3, 0.4) is 0 Å². The van der Waals surface area contributed by atoms with E-state index in [0.717, 1.165) is 25.6 Å². The van der Waals surface area contributed by atoms with Crippen molar-refractivity contribution in [3.05, 3.63) is 17.4 Å². The summed E-state index contributed by atoms with van der Waals surface area (Å²) < 4.78 is 27.2. The van der Waals surface area contributed by atoms with Gasteiger partial charge in [0.05, 0.1) is 11.9 Å². The molecule has 9 heteroatoms. The number of hydrogen-bond acceptors (Lipinski definition) is 4. The van der Waals surface area contributed by atoms with Gasteiger partial charge in [0, 0.05) is 37.9 Å². The molecule has 0 unspecified atom stereocenters. The third-order valence-electron chi connectivity index (χ3n) is 3.80. The number of rotatable bonds is 9. The van der Waals surface area contributed by atoms with E-state index in [1.165, 1.54) is 11.8 Å². The molecule has 0 fully saturated rings. The highest BCUT2D eigenvalue weighted by Crippen LogP contribution is 2.27. The first-order chi connectivity index (χ1) is 12.3. The van der Waals surface area contributed by atoms with E-state index in [2.05, 4.69) is 10.1 Å². The van der Waals surface area contributed by atoms with Gasteiger partial charge in [-0.25, -0.2) is 13.5 Å². The van der Waals surface area contributed by atoms with Gasteiger partial charge in [-0.1, -0.05) is 17.7 Å². The number of nitrogens with zero attached hydrogens (tertiary/aromatic N) is 4. The summed E-state index contributed by atoms with van der Waals surface area (Å²) in [5.41, 5.74) is 1.37. The summed E-state index contributed by atoms with van der Waals surface area (Å²) in [7, 11) is 0. The summed E-state index contributed by atoms with van der Waals surface area (Å²) in [6.45, 7) is 3.98. The second-order valence-electron chi connectivity index (χ2n) is 6.02. The Morgan fingerprint density at radius 1 is 1.46 bits per heavy atom. The quantitative estimate of drug-likeness (QED) is 0.574. The zero-order chi connectivity index (χ0) is 19.2. The summed E-state index contributed by atoms with van der Waals surface area (Å²) in [6, 6.07) is 0. The summed E-state index contributed by atoms with van der Waals surface area (Å²) in [5, 5.41) is 4.51. The van der Waals surface area contributed by atoms with Crippen LogP contribution in [0.1, 0.15) is 33.1 Å². The van der Waals surface area contributed by atoms with Crippen LogP contribution in [-0.2, 0) is 4.79 Å². The molecule has 144 valence electrons. The van der Waals surface area contributed by atoms with E-state index in [-0.39, 0.29) is 23.9 Å². The number of carbonyl (C=O) groups excluding carboxylic acids is 1. The van der Waals surface area contributed by atoms with Gasteiger partial charge in [-0.3, -0.25) is 9.79 Å². The molecular weight excluding hydrogens is 382 g/mol. The molecule has 1 aliphatic heterocycles. The van der Waals surface area contributed by atoms with E-state index in [4.69, 9.17) is 11.6 Å². The number of anilines is 1. The fraction of sp³-hybridized carbons (Fsp3) is 0.588. The molecule has 0 saturated carbocycles. The predicted octanol–water partition coefficient (Wildman–Crippen LogP) is 4.37. The fourth-order valence-corrected chi connectivity index (χ4v) is 3.69. The Kier molecular flexibility index (Phi) is 7.64. The first kappa shape index (κ1) is 20.9. The number of dihydropyridines is 1. The van der Waals surface area contributed by atoms with Crippen molar-refractivity contribution >= 4 is 46.9 Å². The third kappa shape index (κ3) is 6.09. The fourth-order valence-electron chi connectivity index (χ4n) is 2.44. The molecule has 0 aromatic carbocycles. The lowest BCUT2D eigenvalue weighted by Gasteiger charge is -2.19.